The minimum Gasteiger partial charge on any atom is -0.459 e. The third-order valence-electron chi connectivity index (χ3n) is 2.24. The lowest BCUT2D eigenvalue weighted by molar-refractivity contribution is -0.884. The molecule has 0 aromatic carbocycles. The lowest BCUT2D eigenvalue weighted by atomic mass is 10.4. The van der Waals surface area contributed by atoms with Gasteiger partial charge in [-0.15, -0.1) is 0 Å². The van der Waals surface area contributed by atoms with Crippen molar-refractivity contribution in [2.75, 3.05) is 0 Å². The molecular weight excluding hydrogens is 230 g/mol. The molecule has 2 rings (SSSR count). The third-order valence-corrected chi connectivity index (χ3v) is 4.17. The molecule has 0 amide bonds. The highest BCUT2D eigenvalue weighted by molar-refractivity contribution is 6.87. The van der Waals surface area contributed by atoms with Crippen LogP contribution in [-0.2, 0) is 0 Å². The van der Waals surface area contributed by atoms with Gasteiger partial charge in [-0.2, -0.15) is 0 Å². The Bertz CT molecular complexity index is 516. The van der Waals surface area contributed by atoms with Crippen molar-refractivity contribution in [3.05, 3.63) is 23.4 Å². The highest BCUT2D eigenvalue weighted by Crippen LogP contribution is 2.17. The van der Waals surface area contributed by atoms with Crippen LogP contribution < -0.4 is 10.1 Å². The van der Waals surface area contributed by atoms with Crippen molar-refractivity contribution in [3.63, 3.8) is 0 Å². The average Bonchev–Trinajstić information content (AvgIpc) is 2.46. The predicted octanol–water partition coefficient (Wildman–Crippen LogP) is 2.16. The molecule has 15 heavy (non-hydrogen) atoms. The first-order valence-electron chi connectivity index (χ1n) is 4.72. The van der Waals surface area contributed by atoms with Gasteiger partial charge in [0.1, 0.15) is 13.1 Å². The zero-order valence-corrected chi connectivity index (χ0v) is 10.7. The second kappa shape index (κ2) is 3.25. The van der Waals surface area contributed by atoms with E-state index in [1.165, 1.54) is 6.20 Å². The molecule has 0 aliphatic rings. The van der Waals surface area contributed by atoms with Crippen LogP contribution in [0.15, 0.2) is 22.7 Å². The maximum Gasteiger partial charge on any atom is 0.302 e. The maximum absolute atomic E-state index is 9.62. The van der Waals surface area contributed by atoms with Crippen molar-refractivity contribution in [2.45, 2.75) is 19.6 Å². The second-order valence-corrected chi connectivity index (χ2v) is 10.0. The van der Waals surface area contributed by atoms with E-state index in [-0.39, 0.29) is 0 Å². The fraction of sp³-hybridized carbons (Fsp3) is 0.300. The van der Waals surface area contributed by atoms with E-state index in [4.69, 9.17) is 16.0 Å². The minimum absolute atomic E-state index is 0.460. The summed E-state index contributed by atoms with van der Waals surface area (Å²) < 4.78 is 6.70. The van der Waals surface area contributed by atoms with Crippen LogP contribution in [0.5, 0.6) is 0 Å². The molecule has 0 atom stereocenters. The number of furan rings is 1. The Labute approximate surface area is 93.9 Å². The first kappa shape index (κ1) is 10.5. The number of hydrogen-bond donors (Lipinski definition) is 1. The van der Waals surface area contributed by atoms with E-state index in [9.17, 15) is 5.21 Å². The van der Waals surface area contributed by atoms with Gasteiger partial charge in [-0.05, 0) is 0 Å². The van der Waals surface area contributed by atoms with Crippen LogP contribution >= 0.6 is 11.6 Å². The second-order valence-electron chi connectivity index (χ2n) is 4.61. The summed E-state index contributed by atoms with van der Waals surface area (Å²) in [6, 6.07) is 3.60. The van der Waals surface area contributed by atoms with Gasteiger partial charge < -0.3 is 4.42 Å². The van der Waals surface area contributed by atoms with E-state index in [1.807, 2.05) is 6.07 Å². The van der Waals surface area contributed by atoms with Crippen LogP contribution in [0.2, 0.25) is 24.7 Å². The third kappa shape index (κ3) is 1.87. The largest absolute Gasteiger partial charge is 0.459 e. The predicted molar refractivity (Wildman–Crippen MR) is 61.6 cm³/mol. The molecule has 0 saturated heterocycles. The van der Waals surface area contributed by atoms with Crippen molar-refractivity contribution in [3.8, 4) is 0 Å². The molecule has 0 radical (unpaired) electrons. The molecule has 2 aromatic rings. The summed E-state index contributed by atoms with van der Waals surface area (Å²) in [6.45, 7) is 6.57. The molecule has 1 N–H and O–H groups in total. The minimum atomic E-state index is -1.49. The highest BCUT2D eigenvalue weighted by atomic mass is 35.5. The van der Waals surface area contributed by atoms with Gasteiger partial charge in [-0.25, -0.2) is 0 Å². The van der Waals surface area contributed by atoms with Crippen LogP contribution in [0.1, 0.15) is 0 Å². The van der Waals surface area contributed by atoms with Crippen LogP contribution in [0.3, 0.4) is 0 Å². The van der Waals surface area contributed by atoms with Crippen molar-refractivity contribution in [1.29, 1.82) is 0 Å². The molecule has 0 spiro atoms. The van der Waals surface area contributed by atoms with Gasteiger partial charge in [0.05, 0.1) is 11.4 Å². The molecule has 0 aliphatic heterocycles. The van der Waals surface area contributed by atoms with Gasteiger partial charge in [-0.1, -0.05) is 31.2 Å². The Morgan fingerprint density at radius 3 is 2.60 bits per heavy atom. The topological polar surface area (TPSA) is 37.2 Å². The van der Waals surface area contributed by atoms with Crippen LogP contribution in [0, 0.1) is 0 Å². The number of aromatic nitrogens is 1. The number of rotatable bonds is 1. The Morgan fingerprint density at radius 2 is 2.00 bits per heavy atom. The first-order valence-corrected chi connectivity index (χ1v) is 8.60. The van der Waals surface area contributed by atoms with E-state index < -0.39 is 8.07 Å². The summed E-state index contributed by atoms with van der Waals surface area (Å²) in [5, 5.41) is 11.0. The molecule has 3 nitrogen and oxygen atoms in total. The van der Waals surface area contributed by atoms with Gasteiger partial charge in [0.2, 0.25) is 11.8 Å². The standard InChI is InChI=1S/C10H13ClNO2Si/c1-15(2,3)10-5-8-9(14-10)4-7(11)6-12(8)13/h4-6,13H,1-3H3/q+1. The molecule has 0 saturated carbocycles. The number of pyridine rings is 1. The highest BCUT2D eigenvalue weighted by Gasteiger charge is 2.25. The van der Waals surface area contributed by atoms with Crippen molar-refractivity contribution < 1.29 is 14.4 Å². The molecule has 0 fully saturated rings. The number of nitrogens with zero attached hydrogens (tertiary/aromatic N) is 1. The summed E-state index contributed by atoms with van der Waals surface area (Å²) in [5.41, 5.74) is 1.29. The van der Waals surface area contributed by atoms with E-state index in [2.05, 4.69) is 19.6 Å². The number of halogens is 1. The van der Waals surface area contributed by atoms with E-state index >= 15 is 0 Å². The molecule has 0 aliphatic carbocycles. The first-order chi connectivity index (χ1) is 6.88. The van der Waals surface area contributed by atoms with Gasteiger partial charge in [0.15, 0.2) is 0 Å². The van der Waals surface area contributed by atoms with Crippen LogP contribution in [0.4, 0.5) is 0 Å². The normalized spacial score (nSPS) is 12.3. The fourth-order valence-electron chi connectivity index (χ4n) is 1.40. The monoisotopic (exact) mass is 242 g/mol. The van der Waals surface area contributed by atoms with E-state index in [0.29, 0.717) is 16.1 Å². The summed E-state index contributed by atoms with van der Waals surface area (Å²) in [6.07, 6.45) is 1.45. The lowest BCUT2D eigenvalue weighted by Gasteiger charge is -2.09. The van der Waals surface area contributed by atoms with Crippen molar-refractivity contribution in [2.24, 2.45) is 0 Å². The Morgan fingerprint density at radius 1 is 1.33 bits per heavy atom. The molecule has 5 heteroatoms. The van der Waals surface area contributed by atoms with E-state index in [1.54, 1.807) is 6.07 Å². The van der Waals surface area contributed by atoms with Gasteiger partial charge in [0.25, 0.3) is 0 Å². The fourth-order valence-corrected chi connectivity index (χ4v) is 2.57. The summed E-state index contributed by atoms with van der Waals surface area (Å²) in [7, 11) is -1.49. The smallest absolute Gasteiger partial charge is 0.302 e. The van der Waals surface area contributed by atoms with Crippen LogP contribution in [0.25, 0.3) is 11.1 Å². The van der Waals surface area contributed by atoms with Crippen molar-refractivity contribution in [1.82, 2.24) is 0 Å². The molecule has 2 heterocycles. The summed E-state index contributed by atoms with van der Waals surface area (Å²) >= 11 is 5.82. The molecular formula is C10H13ClNO2Si+. The Balaban J connectivity index is 2.71. The Hall–Kier alpha value is -1.00. The zero-order chi connectivity index (χ0) is 11.2. The molecule has 80 valence electrons. The number of hydrogen-bond acceptors (Lipinski definition) is 2. The van der Waals surface area contributed by atoms with Gasteiger partial charge >= 0.3 is 5.52 Å². The van der Waals surface area contributed by atoms with Crippen LogP contribution in [-0.4, -0.2) is 13.3 Å². The molecule has 2 aromatic heterocycles. The zero-order valence-electron chi connectivity index (χ0n) is 8.91. The van der Waals surface area contributed by atoms with Crippen molar-refractivity contribution >= 4 is 36.2 Å². The maximum atomic E-state index is 9.62. The molecule has 0 bridgehead atoms. The summed E-state index contributed by atoms with van der Waals surface area (Å²) in [5.74, 6) is 0. The van der Waals surface area contributed by atoms with Gasteiger partial charge in [0, 0.05) is 10.8 Å². The SMILES string of the molecule is C[Si](C)(C)c1cc2c(cc(Cl)c[n+]2O)o1. The number of fused-ring (bicyclic) bond motifs is 1. The van der Waals surface area contributed by atoms with Gasteiger partial charge in [-0.3, -0.25) is 5.21 Å². The Kier molecular flexibility index (Phi) is 2.28. The average molecular weight is 243 g/mol. The summed E-state index contributed by atoms with van der Waals surface area (Å²) in [4.78, 5) is 0. The quantitative estimate of drug-likeness (QED) is 0.473. The lowest BCUT2D eigenvalue weighted by Crippen LogP contribution is -2.36. The molecule has 0 unspecified atom stereocenters. The van der Waals surface area contributed by atoms with E-state index in [0.717, 1.165) is 10.1 Å².